The number of ether oxygens (including phenoxy) is 2. The molecule has 2 aliphatic rings. The predicted octanol–water partition coefficient (Wildman–Crippen LogP) is 5.13. The van der Waals surface area contributed by atoms with E-state index in [0.29, 0.717) is 0 Å². The highest BCUT2D eigenvalue weighted by molar-refractivity contribution is 5.03. The van der Waals surface area contributed by atoms with Crippen LogP contribution in [-0.4, -0.2) is 64.6 Å². The standard InChI is InChI=1S/C11H6F16N2O2/c1-2-3(28-4(12,13)8(20,21)30-9(22,23)5(28,14)15)29-6(16,17)10(24,25)31-11(26,27)7(29,18)19/h3H,2H2,1H3. The van der Waals surface area contributed by atoms with E-state index in [-0.39, 0.29) is 6.92 Å². The molecule has 0 aromatic carbocycles. The van der Waals surface area contributed by atoms with E-state index in [1.165, 1.54) is 0 Å². The molecule has 0 bridgehead atoms. The molecule has 2 saturated heterocycles. The van der Waals surface area contributed by atoms with Crippen molar-refractivity contribution in [2.45, 2.75) is 68.1 Å². The highest BCUT2D eigenvalue weighted by Gasteiger charge is 2.89. The Morgan fingerprint density at radius 1 is 0.484 bits per heavy atom. The van der Waals surface area contributed by atoms with Gasteiger partial charge in [-0.1, -0.05) is 6.92 Å². The zero-order chi connectivity index (χ0) is 24.9. The largest absolute Gasteiger partial charge is 0.439 e. The molecule has 2 aliphatic heterocycles. The molecule has 2 heterocycles. The maximum absolute atomic E-state index is 13.9. The number of hydrogen-bond donors (Lipinski definition) is 0. The van der Waals surface area contributed by atoms with Gasteiger partial charge in [-0.05, 0) is 6.42 Å². The average molecular weight is 502 g/mol. The van der Waals surface area contributed by atoms with Crippen molar-refractivity contribution < 1.29 is 79.7 Å². The van der Waals surface area contributed by atoms with Crippen LogP contribution in [0, 0.1) is 0 Å². The maximum Gasteiger partial charge on any atom is 0.439 e. The van der Waals surface area contributed by atoms with E-state index in [9.17, 15) is 70.2 Å². The lowest BCUT2D eigenvalue weighted by Gasteiger charge is -2.56. The van der Waals surface area contributed by atoms with E-state index in [2.05, 4.69) is 0 Å². The van der Waals surface area contributed by atoms with Gasteiger partial charge in [0.1, 0.15) is 0 Å². The summed E-state index contributed by atoms with van der Waals surface area (Å²) in [6, 6.07) is -27.6. The maximum atomic E-state index is 13.9. The number of hydrogen-bond acceptors (Lipinski definition) is 4. The van der Waals surface area contributed by atoms with E-state index in [1.54, 1.807) is 0 Å². The summed E-state index contributed by atoms with van der Waals surface area (Å²) in [7, 11) is 0. The smallest absolute Gasteiger partial charge is 0.243 e. The highest BCUT2D eigenvalue weighted by atomic mass is 19.4. The summed E-state index contributed by atoms with van der Waals surface area (Å²) in [6.07, 6.45) is -33.8. The molecule has 0 aromatic rings. The Kier molecular flexibility index (Phi) is 5.36. The Bertz CT molecular complexity index is 614. The summed E-state index contributed by atoms with van der Waals surface area (Å²) in [4.78, 5) is -6.02. The minimum Gasteiger partial charge on any atom is -0.243 e. The minimum absolute atomic E-state index is 0.0283. The van der Waals surface area contributed by atoms with Crippen molar-refractivity contribution in [2.75, 3.05) is 0 Å². The SMILES string of the molecule is CCC(N1C(F)(F)C(F)(F)OC(F)(F)C1(F)F)N1C(F)(F)C(F)(F)OC(F)(F)C1(F)F. The second-order valence-electron chi connectivity index (χ2n) is 6.07. The van der Waals surface area contributed by atoms with Crippen LogP contribution in [0.4, 0.5) is 70.2 Å². The van der Waals surface area contributed by atoms with Crippen LogP contribution in [0.3, 0.4) is 0 Å². The monoisotopic (exact) mass is 502 g/mol. The van der Waals surface area contributed by atoms with Crippen molar-refractivity contribution in [3.63, 3.8) is 0 Å². The number of alkyl halides is 16. The van der Waals surface area contributed by atoms with Crippen LogP contribution in [0.25, 0.3) is 0 Å². The number of halogens is 16. The second-order valence-corrected chi connectivity index (χ2v) is 6.07. The van der Waals surface area contributed by atoms with Gasteiger partial charge in [0.05, 0.1) is 6.17 Å². The molecule has 0 saturated carbocycles. The van der Waals surface area contributed by atoms with Gasteiger partial charge in [-0.2, -0.15) is 80.0 Å². The fourth-order valence-corrected chi connectivity index (χ4v) is 2.71. The molecule has 184 valence electrons. The van der Waals surface area contributed by atoms with Crippen LogP contribution in [0.5, 0.6) is 0 Å². The van der Waals surface area contributed by atoms with Crippen molar-refractivity contribution in [1.29, 1.82) is 0 Å². The Morgan fingerprint density at radius 2 is 0.677 bits per heavy atom. The lowest BCUT2D eigenvalue weighted by molar-refractivity contribution is -0.598. The first-order valence-corrected chi connectivity index (χ1v) is 7.37. The lowest BCUT2D eigenvalue weighted by atomic mass is 10.1. The first-order chi connectivity index (χ1) is 13.4. The summed E-state index contributed by atoms with van der Waals surface area (Å²) in [5.41, 5.74) is 0. The topological polar surface area (TPSA) is 24.9 Å². The van der Waals surface area contributed by atoms with Gasteiger partial charge in [0, 0.05) is 0 Å². The molecule has 31 heavy (non-hydrogen) atoms. The molecule has 2 fully saturated rings. The van der Waals surface area contributed by atoms with E-state index in [1.807, 2.05) is 9.47 Å². The number of nitrogens with zero attached hydrogens (tertiary/aromatic N) is 2. The highest BCUT2D eigenvalue weighted by Crippen LogP contribution is 2.61. The van der Waals surface area contributed by atoms with Crippen LogP contribution in [-0.2, 0) is 9.47 Å². The van der Waals surface area contributed by atoms with Crippen molar-refractivity contribution in [1.82, 2.24) is 9.80 Å². The molecule has 0 N–H and O–H groups in total. The summed E-state index contributed by atoms with van der Waals surface area (Å²) in [5.74, 6) is 0. The third-order valence-corrected chi connectivity index (χ3v) is 4.08. The molecule has 0 radical (unpaired) electrons. The fraction of sp³-hybridized carbons (Fsp3) is 1.00. The molecule has 0 spiro atoms. The summed E-state index contributed by atoms with van der Waals surface area (Å²) in [5, 5.41) is 0. The number of morpholine rings is 2. The Balaban J connectivity index is 2.84. The summed E-state index contributed by atoms with van der Waals surface area (Å²) >= 11 is 0. The lowest BCUT2D eigenvalue weighted by Crippen LogP contribution is -2.83. The van der Waals surface area contributed by atoms with Gasteiger partial charge in [0.25, 0.3) is 0 Å². The quantitative estimate of drug-likeness (QED) is 0.395. The van der Waals surface area contributed by atoms with Gasteiger partial charge in [-0.3, -0.25) is 0 Å². The fourth-order valence-electron chi connectivity index (χ4n) is 2.71. The molecule has 0 aromatic heterocycles. The summed E-state index contributed by atoms with van der Waals surface area (Å²) < 4.78 is 221. The zero-order valence-electron chi connectivity index (χ0n) is 14.0. The third kappa shape index (κ3) is 3.15. The van der Waals surface area contributed by atoms with Crippen LogP contribution in [0.2, 0.25) is 0 Å². The average Bonchev–Trinajstić information content (AvgIpc) is 2.48. The minimum atomic E-state index is -6.89. The van der Waals surface area contributed by atoms with Gasteiger partial charge < -0.3 is 0 Å². The molecule has 0 unspecified atom stereocenters. The Hall–Kier alpha value is -1.28. The zero-order valence-corrected chi connectivity index (χ0v) is 14.0. The van der Waals surface area contributed by atoms with E-state index in [0.717, 1.165) is 0 Å². The van der Waals surface area contributed by atoms with Gasteiger partial charge >= 0.3 is 48.6 Å². The van der Waals surface area contributed by atoms with E-state index in [4.69, 9.17) is 0 Å². The molecule has 0 amide bonds. The Labute approximate surface area is 159 Å². The van der Waals surface area contributed by atoms with E-state index >= 15 is 0 Å². The number of rotatable bonds is 3. The van der Waals surface area contributed by atoms with Gasteiger partial charge in [0.2, 0.25) is 0 Å². The molecule has 4 nitrogen and oxygen atoms in total. The molecular weight excluding hydrogens is 496 g/mol. The second kappa shape index (κ2) is 6.40. The van der Waals surface area contributed by atoms with Crippen LogP contribution in [0.15, 0.2) is 0 Å². The van der Waals surface area contributed by atoms with Crippen LogP contribution in [0.1, 0.15) is 13.3 Å². The van der Waals surface area contributed by atoms with Gasteiger partial charge in [-0.25, -0.2) is 9.47 Å². The van der Waals surface area contributed by atoms with Crippen molar-refractivity contribution in [3.8, 4) is 0 Å². The molecule has 2 rings (SSSR count). The van der Waals surface area contributed by atoms with Crippen molar-refractivity contribution >= 4 is 0 Å². The first-order valence-electron chi connectivity index (χ1n) is 7.37. The van der Waals surface area contributed by atoms with Crippen molar-refractivity contribution in [2.24, 2.45) is 0 Å². The molecule has 0 atom stereocenters. The first kappa shape index (κ1) is 26.0. The van der Waals surface area contributed by atoms with Gasteiger partial charge in [-0.15, -0.1) is 0 Å². The van der Waals surface area contributed by atoms with Crippen LogP contribution < -0.4 is 0 Å². The van der Waals surface area contributed by atoms with Crippen LogP contribution >= 0.6 is 0 Å². The van der Waals surface area contributed by atoms with Gasteiger partial charge in [0.15, 0.2) is 0 Å². The molecule has 20 heteroatoms. The van der Waals surface area contributed by atoms with Crippen molar-refractivity contribution in [3.05, 3.63) is 0 Å². The van der Waals surface area contributed by atoms with E-state index < -0.39 is 71.0 Å². The Morgan fingerprint density at radius 3 is 0.839 bits per heavy atom. The molecule has 0 aliphatic carbocycles. The third-order valence-electron chi connectivity index (χ3n) is 4.08. The molecular formula is C11H6F16N2O2. The predicted molar refractivity (Wildman–Crippen MR) is 59.5 cm³/mol. The normalized spacial score (nSPS) is 32.7. The summed E-state index contributed by atoms with van der Waals surface area (Å²) in [6.45, 7) is 0.0283.